The first kappa shape index (κ1) is 120. The Morgan fingerprint density at radius 1 is 0.225 bits per heavy atom. The van der Waals surface area contributed by atoms with Crippen molar-refractivity contribution in [3.63, 3.8) is 0 Å². The summed E-state index contributed by atoms with van der Waals surface area (Å²) in [7, 11) is 3.45. The third-order valence-electron chi connectivity index (χ3n) is 22.8. The van der Waals surface area contributed by atoms with E-state index in [1.54, 1.807) is 0 Å². The summed E-state index contributed by atoms with van der Waals surface area (Å²) in [6.07, 6.45) is 96.8. The number of hydrogen-bond acceptors (Lipinski definition) is 8. The Morgan fingerprint density at radius 3 is 0.568 bits per heavy atom. The van der Waals surface area contributed by atoms with E-state index in [9.17, 15) is 0 Å². The molecule has 14 heteroatoms. The zero-order valence-corrected chi connectivity index (χ0v) is 82.3. The van der Waals surface area contributed by atoms with Crippen LogP contribution in [0.25, 0.3) is 0 Å². The minimum absolute atomic E-state index is 0. The van der Waals surface area contributed by atoms with Gasteiger partial charge in [0.1, 0.15) is 25.3 Å². The third-order valence-corrected chi connectivity index (χ3v) is 29.6. The minimum atomic E-state index is -2.81. The van der Waals surface area contributed by atoms with E-state index in [1.807, 2.05) is 41.5 Å². The zero-order valence-electron chi connectivity index (χ0n) is 78.7. The number of hydrogen-bond donors (Lipinski definition) is 0. The number of rotatable bonds is 86. The molecule has 0 aromatic carbocycles. The molecule has 4 unspecified atom stereocenters. The van der Waals surface area contributed by atoms with Crippen LogP contribution in [0.1, 0.15) is 501 Å². The van der Waals surface area contributed by atoms with Gasteiger partial charge in [0.2, 0.25) is 0 Å². The van der Waals surface area contributed by atoms with Gasteiger partial charge in [-0.2, -0.15) is 9.29 Å². The predicted molar refractivity (Wildman–Crippen MR) is 487 cm³/mol. The summed E-state index contributed by atoms with van der Waals surface area (Å²) in [5.74, 6) is 0. The van der Waals surface area contributed by atoms with Gasteiger partial charge in [-0.15, -0.1) is 0 Å². The molecule has 0 rings (SSSR count). The Bertz CT molecular complexity index is 1650. The standard InChI is InChI=1S/2C47H98NO4Si.C3H8.2ClH/c2*1-9-14-16-18-20-22-24-26-27-28-29-30-32-34-36-38-40-42-44-47(43-41-39-37-35-33-31-25-23-21-19-17-15-10-2)48(7,8)49-45-46(6)53(50-11-3,51-12-4)52-13-5;1-3-2;;/h2*38,40,46-47H,9-37,39,41-45H2,1-8H3;3H2,1-2H3;2*1H/q2*+1;;;/p-2. The van der Waals surface area contributed by atoms with Crippen LogP contribution < -0.4 is 24.8 Å². The van der Waals surface area contributed by atoms with Crippen LogP contribution in [0, 0.1) is 0 Å². The van der Waals surface area contributed by atoms with Crippen LogP contribution in [0.15, 0.2) is 24.3 Å². The molecular formula is C97H204Cl2N2O8Si2. The first-order valence-electron chi connectivity index (χ1n) is 49.2. The van der Waals surface area contributed by atoms with E-state index in [0.717, 1.165) is 12.8 Å². The number of unbranched alkanes of at least 4 members (excludes halogenated alkanes) is 52. The van der Waals surface area contributed by atoms with E-state index in [1.165, 1.54) is 392 Å². The summed E-state index contributed by atoms with van der Waals surface area (Å²) in [5.41, 5.74) is 0.170. The van der Waals surface area contributed by atoms with Gasteiger partial charge in [0.05, 0.1) is 39.3 Å². The average molecular weight is 1650 g/mol. The van der Waals surface area contributed by atoms with Gasteiger partial charge < -0.3 is 51.4 Å². The van der Waals surface area contributed by atoms with Crippen LogP contribution in [0.4, 0.5) is 0 Å². The summed E-state index contributed by atoms with van der Waals surface area (Å²) in [6, 6.07) is 0.950. The lowest BCUT2D eigenvalue weighted by Gasteiger charge is -2.38. The molecule has 0 amide bonds. The van der Waals surface area contributed by atoms with Crippen LogP contribution >= 0.6 is 0 Å². The summed E-state index contributed by atoms with van der Waals surface area (Å²) >= 11 is 0. The van der Waals surface area contributed by atoms with Crippen molar-refractivity contribution in [3.05, 3.63) is 24.3 Å². The number of halogens is 2. The van der Waals surface area contributed by atoms with Gasteiger partial charge in [0.15, 0.2) is 0 Å². The summed E-state index contributed by atoms with van der Waals surface area (Å²) < 4.78 is 38.5. The summed E-state index contributed by atoms with van der Waals surface area (Å²) in [6.45, 7) is 34.8. The monoisotopic (exact) mass is 1650 g/mol. The van der Waals surface area contributed by atoms with Gasteiger partial charge in [0.25, 0.3) is 0 Å². The molecule has 0 fully saturated rings. The highest BCUT2D eigenvalue weighted by Gasteiger charge is 2.49. The van der Waals surface area contributed by atoms with Crippen molar-refractivity contribution in [1.29, 1.82) is 0 Å². The van der Waals surface area contributed by atoms with Crippen molar-refractivity contribution < 1.29 is 70.3 Å². The molecule has 10 nitrogen and oxygen atoms in total. The molecule has 111 heavy (non-hydrogen) atoms. The first-order chi connectivity index (χ1) is 53.1. The highest BCUT2D eigenvalue weighted by molar-refractivity contribution is 6.62. The number of allylic oxidation sites excluding steroid dienone is 4. The fourth-order valence-corrected chi connectivity index (χ4v) is 20.8. The Morgan fingerprint density at radius 2 is 0.387 bits per heavy atom. The highest BCUT2D eigenvalue weighted by Crippen LogP contribution is 2.32. The molecule has 672 valence electrons. The van der Waals surface area contributed by atoms with Gasteiger partial charge >= 0.3 is 17.6 Å². The summed E-state index contributed by atoms with van der Waals surface area (Å²) in [5, 5.41) is 0. The topological polar surface area (TPSA) is 73.8 Å². The second-order valence-corrected chi connectivity index (χ2v) is 40.1. The Kier molecular flexibility index (Phi) is 99.6. The number of hydroxylamine groups is 6. The van der Waals surface area contributed by atoms with Crippen LogP contribution in [0.3, 0.4) is 0 Å². The largest absolute Gasteiger partial charge is 1.00 e. The Labute approximate surface area is 713 Å². The SMILES string of the molecule is CCC.CCCCCCCCCCCCCCCCC=CCCC(CCCCCCCCCCCCCCC)[N+](C)(C)OCC(C)[Si](OCC)(OCC)OCC.CCCCCCCCCCCCCCCCC=CCCC(CCCCCCCCCCCCCCC)[N+](C)(C)OCC(C)[Si](OCC)(OCC)OCC.[Cl-].[Cl-]. The molecule has 0 radical (unpaired) electrons. The molecule has 0 spiro atoms. The van der Waals surface area contributed by atoms with Gasteiger partial charge in [-0.05, 0) is 92.9 Å². The molecular weight excluding hydrogens is 1450 g/mol. The van der Waals surface area contributed by atoms with Gasteiger partial charge in [-0.25, -0.2) is 9.68 Å². The Hall–Kier alpha value is 0.0938. The first-order valence-corrected chi connectivity index (χ1v) is 52.8. The number of quaternary nitrogens is 2. The fraction of sp³-hybridized carbons (Fsp3) is 0.959. The van der Waals surface area contributed by atoms with Crippen LogP contribution in [-0.4, -0.2) is 120 Å². The van der Waals surface area contributed by atoms with E-state index in [2.05, 4.69) is 108 Å². The average Bonchev–Trinajstić information content (AvgIpc) is 0.834. The molecule has 0 aliphatic rings. The molecule has 0 bridgehead atoms. The van der Waals surface area contributed by atoms with Crippen LogP contribution in [-0.2, 0) is 36.2 Å². The highest BCUT2D eigenvalue weighted by atomic mass is 35.5. The molecule has 0 heterocycles. The summed E-state index contributed by atoms with van der Waals surface area (Å²) in [4.78, 5) is 13.5. The molecule has 0 aromatic rings. The third kappa shape index (κ3) is 76.0. The predicted octanol–water partition coefficient (Wildman–Crippen LogP) is 26.4. The second kappa shape index (κ2) is 92.4. The lowest BCUT2D eigenvalue weighted by Crippen LogP contribution is -3.00. The zero-order chi connectivity index (χ0) is 81.0. The second-order valence-electron chi connectivity index (χ2n) is 34.0. The maximum Gasteiger partial charge on any atom is 0.506 e. The van der Waals surface area contributed by atoms with Crippen molar-refractivity contribution in [1.82, 2.24) is 0 Å². The Balaban J connectivity index is -0.000000640. The number of nitrogens with zero attached hydrogens (tertiary/aromatic N) is 2. The molecule has 0 aliphatic heterocycles. The van der Waals surface area contributed by atoms with Crippen LogP contribution in [0.5, 0.6) is 0 Å². The quantitative estimate of drug-likeness (QED) is 0.0196. The van der Waals surface area contributed by atoms with Gasteiger partial charge in [-0.1, -0.05) is 407 Å². The van der Waals surface area contributed by atoms with Gasteiger partial charge in [0, 0.05) is 65.3 Å². The maximum atomic E-state index is 6.76. The molecule has 4 atom stereocenters. The van der Waals surface area contributed by atoms with Crippen molar-refractivity contribution in [2.24, 2.45) is 0 Å². The van der Waals surface area contributed by atoms with E-state index >= 15 is 0 Å². The molecule has 0 saturated carbocycles. The van der Waals surface area contributed by atoms with E-state index in [0.29, 0.717) is 74.2 Å². The smallest absolute Gasteiger partial charge is 0.506 e. The van der Waals surface area contributed by atoms with E-state index in [-0.39, 0.29) is 35.9 Å². The molecule has 0 N–H and O–H groups in total. The van der Waals surface area contributed by atoms with Crippen molar-refractivity contribution in [3.8, 4) is 0 Å². The van der Waals surface area contributed by atoms with Crippen molar-refractivity contribution in [2.75, 3.05) is 81.0 Å². The molecule has 0 saturated heterocycles. The maximum absolute atomic E-state index is 6.76. The van der Waals surface area contributed by atoms with Crippen molar-refractivity contribution >= 4 is 17.6 Å². The lowest BCUT2D eigenvalue weighted by atomic mass is 10.00. The van der Waals surface area contributed by atoms with E-state index < -0.39 is 17.6 Å². The minimum Gasteiger partial charge on any atom is -1.00 e. The fourth-order valence-electron chi connectivity index (χ4n) is 15.6. The van der Waals surface area contributed by atoms with E-state index in [4.69, 9.17) is 36.2 Å². The van der Waals surface area contributed by atoms with Crippen LogP contribution in [0.2, 0.25) is 11.1 Å². The lowest BCUT2D eigenvalue weighted by molar-refractivity contribution is -1.10. The molecule has 0 aliphatic carbocycles. The van der Waals surface area contributed by atoms with Crippen molar-refractivity contribution in [2.45, 2.75) is 525 Å². The normalized spacial score (nSPS) is 13.3. The van der Waals surface area contributed by atoms with Gasteiger partial charge in [-0.3, -0.25) is 0 Å². The molecule has 0 aromatic heterocycles.